The zero-order valence-electron chi connectivity index (χ0n) is 12.2. The molecule has 2 atom stereocenters. The van der Waals surface area contributed by atoms with Gasteiger partial charge < -0.3 is 10.3 Å². The maximum absolute atomic E-state index is 11.7. The topological polar surface area (TPSA) is 57.8 Å². The second-order valence-corrected chi connectivity index (χ2v) is 5.94. The summed E-state index contributed by atoms with van der Waals surface area (Å²) in [6.45, 7) is 7.10. The zero-order valence-corrected chi connectivity index (χ0v) is 12.2. The first-order valence-corrected chi connectivity index (χ1v) is 7.42. The van der Waals surface area contributed by atoms with Crippen molar-refractivity contribution in [3.63, 3.8) is 0 Å². The lowest BCUT2D eigenvalue weighted by atomic mass is 10.0. The first-order valence-electron chi connectivity index (χ1n) is 7.42. The normalized spacial score (nSPS) is 23.2. The monoisotopic (exact) mass is 263 g/mol. The van der Waals surface area contributed by atoms with Crippen LogP contribution < -0.4 is 10.9 Å². The van der Waals surface area contributed by atoms with Crippen molar-refractivity contribution < 1.29 is 0 Å². The summed E-state index contributed by atoms with van der Waals surface area (Å²) >= 11 is 0. The van der Waals surface area contributed by atoms with Gasteiger partial charge in [0.1, 0.15) is 5.82 Å². The van der Waals surface area contributed by atoms with Crippen LogP contribution in [-0.2, 0) is 6.54 Å². The fraction of sp³-hybridized carbons (Fsp3) is 0.733. The quantitative estimate of drug-likeness (QED) is 0.858. The molecule has 0 amide bonds. The molecule has 1 aromatic heterocycles. The van der Waals surface area contributed by atoms with E-state index in [4.69, 9.17) is 0 Å². The molecule has 1 aliphatic rings. The van der Waals surface area contributed by atoms with Gasteiger partial charge in [-0.15, -0.1) is 0 Å². The molecular weight excluding hydrogens is 238 g/mol. The highest BCUT2D eigenvalue weighted by Crippen LogP contribution is 2.37. The summed E-state index contributed by atoms with van der Waals surface area (Å²) in [7, 11) is 0. The number of nitrogens with one attached hydrogen (secondary N) is 2. The van der Waals surface area contributed by atoms with Crippen LogP contribution in [0.4, 0.5) is 0 Å². The minimum atomic E-state index is -0.0227. The van der Waals surface area contributed by atoms with Crippen LogP contribution >= 0.6 is 0 Å². The molecule has 1 aromatic rings. The predicted octanol–water partition coefficient (Wildman–Crippen LogP) is 2.56. The van der Waals surface area contributed by atoms with Gasteiger partial charge in [-0.3, -0.25) is 4.79 Å². The summed E-state index contributed by atoms with van der Waals surface area (Å²) in [4.78, 5) is 19.3. The van der Waals surface area contributed by atoms with Crippen LogP contribution in [0.3, 0.4) is 0 Å². The zero-order chi connectivity index (χ0) is 13.8. The molecule has 4 nitrogen and oxygen atoms in total. The standard InChI is InChI=1S/C15H25N3O/c1-4-11-5-6-12(7-11)15-17-13(8-14(19)18-15)9-16-10(2)3/h8,10-12,16H,4-7,9H2,1-3H3,(H,17,18,19). The SMILES string of the molecule is CCC1CCC(c2nc(CNC(C)C)cc(=O)[nH]2)C1. The summed E-state index contributed by atoms with van der Waals surface area (Å²) in [6, 6.07) is 2.01. The second-order valence-electron chi connectivity index (χ2n) is 5.94. The maximum Gasteiger partial charge on any atom is 0.251 e. The number of H-pyrrole nitrogens is 1. The Kier molecular flexibility index (Phi) is 4.75. The summed E-state index contributed by atoms with van der Waals surface area (Å²) < 4.78 is 0. The van der Waals surface area contributed by atoms with Gasteiger partial charge in [-0.2, -0.15) is 0 Å². The minimum Gasteiger partial charge on any atom is -0.310 e. The molecule has 1 fully saturated rings. The molecule has 2 rings (SSSR count). The number of hydrogen-bond donors (Lipinski definition) is 2. The largest absolute Gasteiger partial charge is 0.310 e. The lowest BCUT2D eigenvalue weighted by Gasteiger charge is -2.12. The molecule has 0 aromatic carbocycles. The van der Waals surface area contributed by atoms with Crippen LogP contribution in [0.25, 0.3) is 0 Å². The first-order chi connectivity index (χ1) is 9.08. The lowest BCUT2D eigenvalue weighted by Crippen LogP contribution is -2.24. The Morgan fingerprint density at radius 1 is 1.47 bits per heavy atom. The van der Waals surface area contributed by atoms with Gasteiger partial charge in [0.05, 0.1) is 5.69 Å². The van der Waals surface area contributed by atoms with E-state index in [0.29, 0.717) is 18.5 Å². The van der Waals surface area contributed by atoms with E-state index in [1.54, 1.807) is 6.07 Å². The van der Waals surface area contributed by atoms with Crippen molar-refractivity contribution in [1.82, 2.24) is 15.3 Å². The third-order valence-corrected chi connectivity index (χ3v) is 4.01. The molecule has 106 valence electrons. The predicted molar refractivity (Wildman–Crippen MR) is 77.2 cm³/mol. The van der Waals surface area contributed by atoms with E-state index in [-0.39, 0.29) is 5.56 Å². The number of aromatic amines is 1. The molecule has 1 aliphatic carbocycles. The number of aromatic nitrogens is 2. The average Bonchev–Trinajstić information content (AvgIpc) is 2.84. The van der Waals surface area contributed by atoms with Gasteiger partial charge in [-0.05, 0) is 25.2 Å². The second kappa shape index (κ2) is 6.33. The Labute approximate surface area is 115 Å². The van der Waals surface area contributed by atoms with E-state index < -0.39 is 0 Å². The van der Waals surface area contributed by atoms with Crippen LogP contribution in [0.15, 0.2) is 10.9 Å². The highest BCUT2D eigenvalue weighted by molar-refractivity contribution is 5.07. The van der Waals surface area contributed by atoms with Crippen LogP contribution in [0.2, 0.25) is 0 Å². The number of nitrogens with zero attached hydrogens (tertiary/aromatic N) is 1. The Morgan fingerprint density at radius 2 is 2.26 bits per heavy atom. The van der Waals surface area contributed by atoms with E-state index in [2.05, 4.69) is 36.1 Å². The van der Waals surface area contributed by atoms with E-state index >= 15 is 0 Å². The smallest absolute Gasteiger partial charge is 0.251 e. The van der Waals surface area contributed by atoms with E-state index in [1.807, 2.05) is 0 Å². The van der Waals surface area contributed by atoms with Crippen molar-refractivity contribution in [2.75, 3.05) is 0 Å². The fourth-order valence-electron chi connectivity index (χ4n) is 2.82. The summed E-state index contributed by atoms with van der Waals surface area (Å²) in [6.07, 6.45) is 4.82. The molecular formula is C15H25N3O. The molecule has 0 aliphatic heterocycles. The first kappa shape index (κ1) is 14.3. The van der Waals surface area contributed by atoms with E-state index in [9.17, 15) is 4.79 Å². The van der Waals surface area contributed by atoms with Crippen molar-refractivity contribution >= 4 is 0 Å². The maximum atomic E-state index is 11.7. The third kappa shape index (κ3) is 3.90. The average molecular weight is 263 g/mol. The van der Waals surface area contributed by atoms with Gasteiger partial charge in [0, 0.05) is 24.6 Å². The van der Waals surface area contributed by atoms with E-state index in [0.717, 1.165) is 23.9 Å². The minimum absolute atomic E-state index is 0.0227. The van der Waals surface area contributed by atoms with Crippen molar-refractivity contribution in [1.29, 1.82) is 0 Å². The van der Waals surface area contributed by atoms with Crippen LogP contribution in [0, 0.1) is 5.92 Å². The summed E-state index contributed by atoms with van der Waals surface area (Å²) in [5.74, 6) is 2.13. The fourth-order valence-corrected chi connectivity index (χ4v) is 2.82. The molecule has 0 spiro atoms. The lowest BCUT2D eigenvalue weighted by molar-refractivity contribution is 0.514. The van der Waals surface area contributed by atoms with Gasteiger partial charge >= 0.3 is 0 Å². The molecule has 19 heavy (non-hydrogen) atoms. The Balaban J connectivity index is 2.10. The highest BCUT2D eigenvalue weighted by Gasteiger charge is 2.26. The van der Waals surface area contributed by atoms with E-state index in [1.165, 1.54) is 19.3 Å². The molecule has 0 saturated heterocycles. The van der Waals surface area contributed by atoms with Crippen molar-refractivity contribution in [2.45, 2.75) is 65.0 Å². The van der Waals surface area contributed by atoms with Gasteiger partial charge in [0.2, 0.25) is 0 Å². The van der Waals surface area contributed by atoms with Crippen molar-refractivity contribution in [3.8, 4) is 0 Å². The summed E-state index contributed by atoms with van der Waals surface area (Å²) in [5, 5.41) is 3.31. The number of rotatable bonds is 5. The Morgan fingerprint density at radius 3 is 2.89 bits per heavy atom. The van der Waals surface area contributed by atoms with Gasteiger partial charge in [0.25, 0.3) is 5.56 Å². The van der Waals surface area contributed by atoms with Crippen LogP contribution in [0.1, 0.15) is 63.9 Å². The van der Waals surface area contributed by atoms with Crippen LogP contribution in [0.5, 0.6) is 0 Å². The Bertz CT molecular complexity index is 467. The molecule has 2 N–H and O–H groups in total. The van der Waals surface area contributed by atoms with Gasteiger partial charge in [-0.25, -0.2) is 4.98 Å². The molecule has 0 radical (unpaired) electrons. The molecule has 1 heterocycles. The van der Waals surface area contributed by atoms with Gasteiger partial charge in [0.15, 0.2) is 0 Å². The summed E-state index contributed by atoms with van der Waals surface area (Å²) in [5.41, 5.74) is 0.831. The number of hydrogen-bond acceptors (Lipinski definition) is 3. The van der Waals surface area contributed by atoms with Crippen LogP contribution in [-0.4, -0.2) is 16.0 Å². The van der Waals surface area contributed by atoms with Crippen molar-refractivity contribution in [3.05, 3.63) is 27.9 Å². The Hall–Kier alpha value is -1.16. The van der Waals surface area contributed by atoms with Gasteiger partial charge in [-0.1, -0.05) is 27.2 Å². The third-order valence-electron chi connectivity index (χ3n) is 4.01. The molecule has 1 saturated carbocycles. The molecule has 0 bridgehead atoms. The molecule has 2 unspecified atom stereocenters. The van der Waals surface area contributed by atoms with Crippen molar-refractivity contribution in [2.24, 2.45) is 5.92 Å². The highest BCUT2D eigenvalue weighted by atomic mass is 16.1. The molecule has 4 heteroatoms.